The van der Waals surface area contributed by atoms with Crippen LogP contribution in [0.1, 0.15) is 50.3 Å². The maximum absolute atomic E-state index is 13.1. The minimum absolute atomic E-state index is 0.0856. The van der Waals surface area contributed by atoms with Gasteiger partial charge in [0.1, 0.15) is 0 Å². The maximum atomic E-state index is 13.1. The number of para-hydroxylation sites is 1. The van der Waals surface area contributed by atoms with E-state index in [2.05, 4.69) is 5.32 Å². The average Bonchev–Trinajstić information content (AvgIpc) is 2.68. The SMILES string of the molecule is CC(C)(C)C1CC(Nc2ccccc2Cc2cccc(C(F)(F)F)c2)CCN1C(=O)O. The molecule has 0 spiro atoms. The van der Waals surface area contributed by atoms with E-state index >= 15 is 0 Å². The molecule has 1 fully saturated rings. The summed E-state index contributed by atoms with van der Waals surface area (Å²) in [5, 5.41) is 13.1. The predicted molar refractivity (Wildman–Crippen MR) is 115 cm³/mol. The molecule has 31 heavy (non-hydrogen) atoms. The van der Waals surface area contributed by atoms with Crippen LogP contribution in [0.25, 0.3) is 0 Å². The van der Waals surface area contributed by atoms with Crippen LogP contribution in [0.15, 0.2) is 48.5 Å². The molecule has 4 nitrogen and oxygen atoms in total. The highest BCUT2D eigenvalue weighted by Crippen LogP contribution is 2.34. The Labute approximate surface area is 181 Å². The zero-order valence-electron chi connectivity index (χ0n) is 18.0. The molecule has 1 aliphatic rings. The van der Waals surface area contributed by atoms with Gasteiger partial charge in [0, 0.05) is 24.3 Å². The number of piperidine rings is 1. The van der Waals surface area contributed by atoms with Crippen molar-refractivity contribution in [2.24, 2.45) is 5.41 Å². The van der Waals surface area contributed by atoms with Gasteiger partial charge in [-0.1, -0.05) is 57.2 Å². The first-order valence-electron chi connectivity index (χ1n) is 10.5. The van der Waals surface area contributed by atoms with Crippen LogP contribution in [-0.4, -0.2) is 34.7 Å². The van der Waals surface area contributed by atoms with Gasteiger partial charge in [0.25, 0.3) is 0 Å². The number of carboxylic acid groups (broad SMARTS) is 1. The van der Waals surface area contributed by atoms with Crippen LogP contribution in [0.5, 0.6) is 0 Å². The van der Waals surface area contributed by atoms with Gasteiger partial charge < -0.3 is 15.3 Å². The van der Waals surface area contributed by atoms with Crippen molar-refractivity contribution in [3.63, 3.8) is 0 Å². The molecule has 0 aromatic heterocycles. The quantitative estimate of drug-likeness (QED) is 0.597. The van der Waals surface area contributed by atoms with Crippen molar-refractivity contribution in [3.05, 3.63) is 65.2 Å². The highest BCUT2D eigenvalue weighted by Gasteiger charge is 2.38. The average molecular weight is 435 g/mol. The van der Waals surface area contributed by atoms with Crippen LogP contribution in [0, 0.1) is 5.41 Å². The summed E-state index contributed by atoms with van der Waals surface area (Å²) in [4.78, 5) is 13.2. The molecule has 0 bridgehead atoms. The lowest BCUT2D eigenvalue weighted by Crippen LogP contribution is -2.54. The van der Waals surface area contributed by atoms with E-state index in [1.165, 1.54) is 17.0 Å². The largest absolute Gasteiger partial charge is 0.465 e. The van der Waals surface area contributed by atoms with Gasteiger partial charge in [-0.05, 0) is 47.9 Å². The van der Waals surface area contributed by atoms with Gasteiger partial charge >= 0.3 is 12.3 Å². The Morgan fingerprint density at radius 2 is 1.84 bits per heavy atom. The van der Waals surface area contributed by atoms with Gasteiger partial charge in [-0.25, -0.2) is 4.79 Å². The summed E-state index contributed by atoms with van der Waals surface area (Å²) in [6.45, 7) is 6.57. The number of likely N-dealkylation sites (tertiary alicyclic amines) is 1. The van der Waals surface area contributed by atoms with E-state index in [4.69, 9.17) is 0 Å². The number of hydrogen-bond acceptors (Lipinski definition) is 2. The number of rotatable bonds is 4. The van der Waals surface area contributed by atoms with Crippen LogP contribution in [0.4, 0.5) is 23.7 Å². The molecule has 0 saturated carbocycles. The second kappa shape index (κ2) is 8.81. The maximum Gasteiger partial charge on any atom is 0.416 e. The molecule has 168 valence electrons. The molecule has 7 heteroatoms. The van der Waals surface area contributed by atoms with Gasteiger partial charge in [0.05, 0.1) is 5.56 Å². The molecule has 3 rings (SSSR count). The predicted octanol–water partition coefficient (Wildman–Crippen LogP) is 6.27. The second-order valence-corrected chi connectivity index (χ2v) is 9.26. The van der Waals surface area contributed by atoms with E-state index < -0.39 is 17.8 Å². The van der Waals surface area contributed by atoms with Gasteiger partial charge in [0.15, 0.2) is 0 Å². The Morgan fingerprint density at radius 3 is 2.48 bits per heavy atom. The standard InChI is InChI=1S/C24H29F3N2O2/c1-23(2,3)21-15-19(11-12-29(21)22(30)31)28-20-10-5-4-8-17(20)13-16-7-6-9-18(14-16)24(25,26)27/h4-10,14,19,21,28H,11-13,15H2,1-3H3,(H,30,31). The van der Waals surface area contributed by atoms with E-state index in [1.807, 2.05) is 45.0 Å². The van der Waals surface area contributed by atoms with Crippen LogP contribution in [0.3, 0.4) is 0 Å². The van der Waals surface area contributed by atoms with E-state index in [0.717, 1.165) is 17.3 Å². The molecule has 1 amide bonds. The molecule has 2 N–H and O–H groups in total. The number of benzene rings is 2. The van der Waals surface area contributed by atoms with Gasteiger partial charge in [-0.2, -0.15) is 13.2 Å². The fourth-order valence-corrected chi connectivity index (χ4v) is 4.26. The number of nitrogens with zero attached hydrogens (tertiary/aromatic N) is 1. The summed E-state index contributed by atoms with van der Waals surface area (Å²) in [6, 6.07) is 13.0. The number of alkyl halides is 3. The van der Waals surface area contributed by atoms with Gasteiger partial charge in [-0.3, -0.25) is 0 Å². The highest BCUT2D eigenvalue weighted by molar-refractivity contribution is 5.66. The Balaban J connectivity index is 1.78. The third-order valence-corrected chi connectivity index (χ3v) is 5.87. The zero-order valence-corrected chi connectivity index (χ0v) is 18.0. The van der Waals surface area contributed by atoms with Crippen molar-refractivity contribution < 1.29 is 23.1 Å². The van der Waals surface area contributed by atoms with Crippen molar-refractivity contribution in [1.82, 2.24) is 4.90 Å². The topological polar surface area (TPSA) is 52.6 Å². The molecule has 1 heterocycles. The molecular weight excluding hydrogens is 405 g/mol. The third kappa shape index (κ3) is 5.71. The van der Waals surface area contributed by atoms with Crippen molar-refractivity contribution in [1.29, 1.82) is 0 Å². The van der Waals surface area contributed by atoms with Crippen molar-refractivity contribution in [2.45, 2.75) is 58.3 Å². The first-order valence-corrected chi connectivity index (χ1v) is 10.5. The molecule has 2 aromatic rings. The summed E-state index contributed by atoms with van der Waals surface area (Å²) in [5.41, 5.74) is 1.54. The molecule has 1 aliphatic heterocycles. The number of carbonyl (C=O) groups is 1. The lowest BCUT2D eigenvalue weighted by atomic mass is 9.79. The molecule has 0 radical (unpaired) electrons. The molecule has 2 unspecified atom stereocenters. The number of amides is 1. The zero-order chi connectivity index (χ0) is 22.8. The molecule has 2 atom stereocenters. The Hall–Kier alpha value is -2.70. The van der Waals surface area contributed by atoms with Crippen LogP contribution in [-0.2, 0) is 12.6 Å². The van der Waals surface area contributed by atoms with Crippen LogP contribution in [0.2, 0.25) is 0 Å². The molecule has 2 aromatic carbocycles. The third-order valence-electron chi connectivity index (χ3n) is 5.87. The number of hydrogen-bond donors (Lipinski definition) is 2. The van der Waals surface area contributed by atoms with Crippen molar-refractivity contribution >= 4 is 11.8 Å². The Morgan fingerprint density at radius 1 is 1.13 bits per heavy atom. The molecular formula is C24H29F3N2O2. The molecule has 0 aliphatic carbocycles. The first kappa shape index (κ1) is 23.0. The lowest BCUT2D eigenvalue weighted by molar-refractivity contribution is -0.137. The lowest BCUT2D eigenvalue weighted by Gasteiger charge is -2.45. The fourth-order valence-electron chi connectivity index (χ4n) is 4.26. The van der Waals surface area contributed by atoms with E-state index in [9.17, 15) is 23.1 Å². The van der Waals surface area contributed by atoms with E-state index in [0.29, 0.717) is 31.4 Å². The Bertz CT molecular complexity index is 922. The molecule has 1 saturated heterocycles. The summed E-state index contributed by atoms with van der Waals surface area (Å²) in [7, 11) is 0. The first-order chi connectivity index (χ1) is 14.4. The van der Waals surface area contributed by atoms with Crippen LogP contribution < -0.4 is 5.32 Å². The normalized spacial score (nSPS) is 19.9. The summed E-state index contributed by atoms with van der Waals surface area (Å²) in [5.74, 6) is 0. The van der Waals surface area contributed by atoms with E-state index in [1.54, 1.807) is 6.07 Å². The second-order valence-electron chi connectivity index (χ2n) is 9.26. The minimum atomic E-state index is -4.37. The van der Waals surface area contributed by atoms with Gasteiger partial charge in [0.2, 0.25) is 0 Å². The van der Waals surface area contributed by atoms with Crippen molar-refractivity contribution in [3.8, 4) is 0 Å². The summed E-state index contributed by atoms with van der Waals surface area (Å²) in [6.07, 6.45) is -3.54. The highest BCUT2D eigenvalue weighted by atomic mass is 19.4. The number of nitrogens with one attached hydrogen (secondary N) is 1. The fraction of sp³-hybridized carbons (Fsp3) is 0.458. The minimum Gasteiger partial charge on any atom is -0.465 e. The number of anilines is 1. The summed E-state index contributed by atoms with van der Waals surface area (Å²) < 4.78 is 39.2. The Kier molecular flexibility index (Phi) is 6.53. The smallest absolute Gasteiger partial charge is 0.416 e. The van der Waals surface area contributed by atoms with Gasteiger partial charge in [-0.15, -0.1) is 0 Å². The van der Waals surface area contributed by atoms with Crippen molar-refractivity contribution in [2.75, 3.05) is 11.9 Å². The monoisotopic (exact) mass is 434 g/mol. The van der Waals surface area contributed by atoms with Crippen LogP contribution >= 0.6 is 0 Å². The summed E-state index contributed by atoms with van der Waals surface area (Å²) >= 11 is 0. The van der Waals surface area contributed by atoms with E-state index in [-0.39, 0.29) is 17.5 Å². The number of halogens is 3.